The summed E-state index contributed by atoms with van der Waals surface area (Å²) in [6.07, 6.45) is 1.76. The van der Waals surface area contributed by atoms with Crippen LogP contribution in [0.3, 0.4) is 0 Å². The van der Waals surface area contributed by atoms with Crippen LogP contribution in [0.2, 0.25) is 0 Å². The predicted octanol–water partition coefficient (Wildman–Crippen LogP) is 3.05. The van der Waals surface area contributed by atoms with Crippen LogP contribution >= 0.6 is 27.3 Å². The monoisotopic (exact) mass is 441 g/mol. The highest BCUT2D eigenvalue weighted by atomic mass is 79.9. The van der Waals surface area contributed by atoms with E-state index in [1.165, 1.54) is 22.8 Å². The molecule has 0 saturated carbocycles. The Balaban J connectivity index is 1.71. The van der Waals surface area contributed by atoms with Gasteiger partial charge in [-0.1, -0.05) is 51.5 Å². The van der Waals surface area contributed by atoms with Crippen LogP contribution in [0.15, 0.2) is 57.8 Å². The topological polar surface area (TPSA) is 73.6 Å². The number of nitrogens with zero attached hydrogens (tertiary/aromatic N) is 3. The van der Waals surface area contributed by atoms with Gasteiger partial charge in [0.25, 0.3) is 5.56 Å². The number of rotatable bonds is 3. The molecule has 0 aliphatic rings. The van der Waals surface area contributed by atoms with Crippen molar-refractivity contribution in [3.63, 3.8) is 0 Å². The lowest BCUT2D eigenvalue weighted by Crippen LogP contribution is -2.23. The summed E-state index contributed by atoms with van der Waals surface area (Å²) in [5.41, 5.74) is 1.43. The predicted molar refractivity (Wildman–Crippen MR) is 107 cm³/mol. The molecule has 0 N–H and O–H groups in total. The third-order valence-electron chi connectivity index (χ3n) is 3.74. The Labute approximate surface area is 165 Å². The Bertz CT molecular complexity index is 1260. The molecule has 27 heavy (non-hydrogen) atoms. The number of ether oxygens (including phenoxy) is 1. The molecular weight excluding hydrogens is 430 g/mol. The van der Waals surface area contributed by atoms with E-state index in [-0.39, 0.29) is 11.5 Å². The molecular formula is C19H12BrN3O3S. The Kier molecular flexibility index (Phi) is 4.59. The average molecular weight is 442 g/mol. The van der Waals surface area contributed by atoms with Crippen LogP contribution in [-0.2, 0) is 4.79 Å². The Morgan fingerprint density at radius 3 is 2.59 bits per heavy atom. The molecule has 2 heterocycles. The number of fused-ring (bicyclic) bond motifs is 1. The molecule has 6 nitrogen and oxygen atoms in total. The van der Waals surface area contributed by atoms with E-state index in [1.54, 1.807) is 30.3 Å². The van der Waals surface area contributed by atoms with E-state index in [0.717, 1.165) is 15.6 Å². The minimum Gasteiger partial charge on any atom is -0.427 e. The molecule has 0 saturated heterocycles. The molecule has 0 atom stereocenters. The van der Waals surface area contributed by atoms with Gasteiger partial charge < -0.3 is 4.74 Å². The molecule has 0 aliphatic heterocycles. The molecule has 0 fully saturated rings. The molecule has 0 radical (unpaired) electrons. The van der Waals surface area contributed by atoms with Crippen molar-refractivity contribution in [3.05, 3.63) is 73.5 Å². The molecule has 0 amide bonds. The van der Waals surface area contributed by atoms with Crippen LogP contribution in [0.5, 0.6) is 5.75 Å². The van der Waals surface area contributed by atoms with E-state index in [4.69, 9.17) is 4.74 Å². The van der Waals surface area contributed by atoms with Gasteiger partial charge >= 0.3 is 5.97 Å². The van der Waals surface area contributed by atoms with E-state index in [0.29, 0.717) is 21.1 Å². The summed E-state index contributed by atoms with van der Waals surface area (Å²) >= 11 is 4.75. The van der Waals surface area contributed by atoms with Crippen molar-refractivity contribution in [2.24, 2.45) is 0 Å². The van der Waals surface area contributed by atoms with Crippen LogP contribution in [0.25, 0.3) is 22.4 Å². The summed E-state index contributed by atoms with van der Waals surface area (Å²) < 4.78 is 7.72. The zero-order chi connectivity index (χ0) is 19.0. The highest BCUT2D eigenvalue weighted by molar-refractivity contribution is 9.10. The van der Waals surface area contributed by atoms with E-state index >= 15 is 0 Å². The first-order valence-electron chi connectivity index (χ1n) is 7.96. The van der Waals surface area contributed by atoms with Gasteiger partial charge in [0.05, 0.1) is 4.53 Å². The summed E-state index contributed by atoms with van der Waals surface area (Å²) in [5.74, 6) is 0.589. The number of thiazole rings is 1. The lowest BCUT2D eigenvalue weighted by Gasteiger charge is -2.00. The lowest BCUT2D eigenvalue weighted by atomic mass is 10.2. The molecule has 8 heteroatoms. The van der Waals surface area contributed by atoms with Gasteiger partial charge in [0.15, 0.2) is 5.82 Å². The maximum absolute atomic E-state index is 12.6. The maximum atomic E-state index is 12.6. The second kappa shape index (κ2) is 7.05. The van der Waals surface area contributed by atoms with Crippen molar-refractivity contribution >= 4 is 44.3 Å². The fourth-order valence-electron chi connectivity index (χ4n) is 2.54. The Morgan fingerprint density at radius 1 is 1.19 bits per heavy atom. The van der Waals surface area contributed by atoms with Gasteiger partial charge in [-0.15, -0.1) is 5.10 Å². The number of hydrogen-bond donors (Lipinski definition) is 0. The molecule has 2 aromatic heterocycles. The summed E-state index contributed by atoms with van der Waals surface area (Å²) in [4.78, 5) is 28.6. The van der Waals surface area contributed by atoms with E-state index < -0.39 is 0 Å². The zero-order valence-corrected chi connectivity index (χ0v) is 16.5. The summed E-state index contributed by atoms with van der Waals surface area (Å²) in [6, 6.07) is 14.5. The van der Waals surface area contributed by atoms with Crippen molar-refractivity contribution in [2.75, 3.05) is 0 Å². The normalized spacial score (nSPS) is 11.9. The first-order chi connectivity index (χ1) is 13.0. The average Bonchev–Trinajstić information content (AvgIpc) is 3.17. The molecule has 0 aliphatic carbocycles. The van der Waals surface area contributed by atoms with Crippen LogP contribution in [0.1, 0.15) is 12.5 Å². The smallest absolute Gasteiger partial charge is 0.308 e. The number of esters is 1. The first kappa shape index (κ1) is 17.6. The number of benzene rings is 2. The molecule has 2 aromatic carbocycles. The molecule has 0 spiro atoms. The Hall–Kier alpha value is -2.84. The van der Waals surface area contributed by atoms with Crippen LogP contribution in [0.4, 0.5) is 0 Å². The van der Waals surface area contributed by atoms with Gasteiger partial charge in [0.2, 0.25) is 4.96 Å². The van der Waals surface area contributed by atoms with Gasteiger partial charge in [-0.25, -0.2) is 0 Å². The minimum atomic E-state index is -0.375. The van der Waals surface area contributed by atoms with Gasteiger partial charge in [-0.05, 0) is 35.9 Å². The lowest BCUT2D eigenvalue weighted by molar-refractivity contribution is -0.131. The number of hydrogen-bond acceptors (Lipinski definition) is 6. The van der Waals surface area contributed by atoms with Gasteiger partial charge in [-0.2, -0.15) is 9.50 Å². The first-order valence-corrected chi connectivity index (χ1v) is 9.57. The zero-order valence-electron chi connectivity index (χ0n) is 14.0. The number of halogens is 1. The van der Waals surface area contributed by atoms with Crippen molar-refractivity contribution in [2.45, 2.75) is 6.92 Å². The van der Waals surface area contributed by atoms with Crippen LogP contribution in [0, 0.1) is 0 Å². The highest BCUT2D eigenvalue weighted by Gasteiger charge is 2.13. The minimum absolute atomic E-state index is 0.218. The van der Waals surface area contributed by atoms with E-state index in [2.05, 4.69) is 26.0 Å². The van der Waals surface area contributed by atoms with Crippen molar-refractivity contribution in [3.8, 4) is 17.1 Å². The maximum Gasteiger partial charge on any atom is 0.308 e. The summed E-state index contributed by atoms with van der Waals surface area (Å²) in [6.45, 7) is 1.35. The molecule has 134 valence electrons. The van der Waals surface area contributed by atoms with Crippen molar-refractivity contribution in [1.29, 1.82) is 0 Å². The molecule has 0 unspecified atom stereocenters. The summed E-state index contributed by atoms with van der Waals surface area (Å²) in [7, 11) is 0. The van der Waals surface area contributed by atoms with Crippen LogP contribution in [-0.4, -0.2) is 20.6 Å². The van der Waals surface area contributed by atoms with Gasteiger partial charge in [0.1, 0.15) is 5.75 Å². The van der Waals surface area contributed by atoms with Gasteiger partial charge in [0, 0.05) is 17.0 Å². The second-order valence-corrected chi connectivity index (χ2v) is 7.55. The number of carbonyl (C=O) groups is 1. The quantitative estimate of drug-likeness (QED) is 0.360. The Morgan fingerprint density at radius 2 is 1.93 bits per heavy atom. The molecule has 0 bridgehead atoms. The second-order valence-electron chi connectivity index (χ2n) is 5.69. The number of aromatic nitrogens is 3. The SMILES string of the molecule is CC(=O)Oc1ccc(C=c2sc3nc(-c4ccccc4Br)nn3c2=O)cc1. The molecule has 4 rings (SSSR count). The fraction of sp³-hybridized carbons (Fsp3) is 0.0526. The van der Waals surface area contributed by atoms with Crippen molar-refractivity contribution < 1.29 is 9.53 Å². The fourth-order valence-corrected chi connectivity index (χ4v) is 3.91. The van der Waals surface area contributed by atoms with E-state index in [1.807, 2.05) is 24.3 Å². The number of carbonyl (C=O) groups excluding carboxylic acids is 1. The van der Waals surface area contributed by atoms with Gasteiger partial charge in [-0.3, -0.25) is 9.59 Å². The highest BCUT2D eigenvalue weighted by Crippen LogP contribution is 2.25. The standard InChI is InChI=1S/C19H12BrN3O3S/c1-11(24)26-13-8-6-12(7-9-13)10-16-18(25)23-19(27-16)21-17(22-23)14-4-2-3-5-15(14)20/h2-10H,1H3. The summed E-state index contributed by atoms with van der Waals surface area (Å²) in [5, 5.41) is 4.35. The van der Waals surface area contributed by atoms with Crippen molar-refractivity contribution in [1.82, 2.24) is 14.6 Å². The largest absolute Gasteiger partial charge is 0.427 e. The third-order valence-corrected chi connectivity index (χ3v) is 5.39. The molecule has 4 aromatic rings. The third kappa shape index (κ3) is 3.54. The van der Waals surface area contributed by atoms with E-state index in [9.17, 15) is 9.59 Å². The van der Waals surface area contributed by atoms with Crippen LogP contribution < -0.4 is 14.8 Å².